The number of nitrogens with zero attached hydrogens (tertiary/aromatic N) is 1. The molecule has 6 heteroatoms. The quantitative estimate of drug-likeness (QED) is 0.363. The number of hydrogen-bond acceptors (Lipinski definition) is 5. The van der Waals surface area contributed by atoms with Gasteiger partial charge in [0.05, 0.1) is 4.92 Å². The van der Waals surface area contributed by atoms with E-state index < -0.39 is 11.1 Å². The maximum atomic E-state index is 11.4. The monoisotopic (exact) mass is 299 g/mol. The summed E-state index contributed by atoms with van der Waals surface area (Å²) in [6.45, 7) is 0.0701. The van der Waals surface area contributed by atoms with Gasteiger partial charge in [0.15, 0.2) is 0 Å². The van der Waals surface area contributed by atoms with Crippen LogP contribution in [0, 0.1) is 10.1 Å². The molecule has 0 unspecified atom stereocenters. The molecule has 2 aromatic carbocycles. The zero-order chi connectivity index (χ0) is 15.8. The molecule has 2 rings (SSSR count). The van der Waals surface area contributed by atoms with Crippen LogP contribution in [0.25, 0.3) is 6.08 Å². The van der Waals surface area contributed by atoms with E-state index in [-0.39, 0.29) is 18.0 Å². The van der Waals surface area contributed by atoms with Crippen molar-refractivity contribution < 1.29 is 19.2 Å². The molecule has 0 N–H and O–H groups in total. The number of ether oxygens (including phenoxy) is 2. The van der Waals surface area contributed by atoms with Crippen molar-refractivity contribution in [1.82, 2.24) is 0 Å². The Morgan fingerprint density at radius 3 is 2.41 bits per heavy atom. The smallest absolute Gasteiger partial charge is 0.430 e. The van der Waals surface area contributed by atoms with Gasteiger partial charge in [-0.15, -0.1) is 0 Å². The van der Waals surface area contributed by atoms with E-state index >= 15 is 0 Å². The summed E-state index contributed by atoms with van der Waals surface area (Å²) in [7, 11) is 0. The molecule has 22 heavy (non-hydrogen) atoms. The molecule has 2 aromatic rings. The van der Waals surface area contributed by atoms with Gasteiger partial charge in [-0.2, -0.15) is 0 Å². The lowest BCUT2D eigenvalue weighted by Gasteiger charge is -2.03. The summed E-state index contributed by atoms with van der Waals surface area (Å²) in [6, 6.07) is 14.7. The molecular weight excluding hydrogens is 286 g/mol. The standard InChI is InChI=1S/C16H13NO5/c18-16(21-12-4-7-13-5-2-1-3-6-13)22-15-10-8-14(9-11-15)17(19)20/h1-11H,12H2. The topological polar surface area (TPSA) is 78.7 Å². The van der Waals surface area contributed by atoms with Crippen molar-refractivity contribution in [2.75, 3.05) is 6.61 Å². The van der Waals surface area contributed by atoms with Crippen molar-refractivity contribution in [3.8, 4) is 5.75 Å². The van der Waals surface area contributed by atoms with Crippen LogP contribution in [0.5, 0.6) is 5.75 Å². The normalized spacial score (nSPS) is 10.4. The first-order valence-corrected chi connectivity index (χ1v) is 6.46. The van der Waals surface area contributed by atoms with Crippen LogP contribution < -0.4 is 4.74 Å². The highest BCUT2D eigenvalue weighted by Gasteiger charge is 2.08. The van der Waals surface area contributed by atoms with Crippen LogP contribution >= 0.6 is 0 Å². The second-order valence-corrected chi connectivity index (χ2v) is 4.23. The van der Waals surface area contributed by atoms with E-state index in [0.717, 1.165) is 5.56 Å². The molecule has 0 spiro atoms. The summed E-state index contributed by atoms with van der Waals surface area (Å²) < 4.78 is 9.75. The molecule has 0 aliphatic heterocycles. The van der Waals surface area contributed by atoms with Gasteiger partial charge in [0.25, 0.3) is 5.69 Å². The molecule has 0 atom stereocenters. The Morgan fingerprint density at radius 1 is 1.09 bits per heavy atom. The molecule has 0 radical (unpaired) electrons. The second-order valence-electron chi connectivity index (χ2n) is 4.23. The minimum absolute atomic E-state index is 0.0701. The number of carbonyl (C=O) groups is 1. The molecule has 6 nitrogen and oxygen atoms in total. The van der Waals surface area contributed by atoms with Gasteiger partial charge >= 0.3 is 6.16 Å². The largest absolute Gasteiger partial charge is 0.514 e. The van der Waals surface area contributed by atoms with Gasteiger partial charge in [0.2, 0.25) is 0 Å². The van der Waals surface area contributed by atoms with Crippen LogP contribution in [0.2, 0.25) is 0 Å². The summed E-state index contributed by atoms with van der Waals surface area (Å²) in [5.41, 5.74) is 0.918. The molecular formula is C16H13NO5. The summed E-state index contributed by atoms with van der Waals surface area (Å²) in [4.78, 5) is 21.4. The third kappa shape index (κ3) is 4.75. The average molecular weight is 299 g/mol. The van der Waals surface area contributed by atoms with Crippen molar-refractivity contribution in [3.63, 3.8) is 0 Å². The van der Waals surface area contributed by atoms with Crippen LogP contribution in [0.4, 0.5) is 10.5 Å². The third-order valence-corrected chi connectivity index (χ3v) is 2.66. The number of nitro groups is 1. The van der Waals surface area contributed by atoms with Crippen molar-refractivity contribution in [1.29, 1.82) is 0 Å². The maximum absolute atomic E-state index is 11.4. The fraction of sp³-hybridized carbons (Fsp3) is 0.0625. The third-order valence-electron chi connectivity index (χ3n) is 2.66. The molecule has 0 aromatic heterocycles. The first-order chi connectivity index (χ1) is 10.6. The van der Waals surface area contributed by atoms with Gasteiger partial charge in [-0.05, 0) is 23.8 Å². The molecule has 0 saturated carbocycles. The van der Waals surface area contributed by atoms with Crippen molar-refractivity contribution in [2.45, 2.75) is 0 Å². The highest BCUT2D eigenvalue weighted by atomic mass is 16.7. The average Bonchev–Trinajstić information content (AvgIpc) is 2.53. The molecule has 0 bridgehead atoms. The van der Waals surface area contributed by atoms with Gasteiger partial charge in [0, 0.05) is 12.1 Å². The number of rotatable bonds is 5. The molecule has 0 aliphatic carbocycles. The van der Waals surface area contributed by atoms with E-state index in [1.807, 2.05) is 36.4 Å². The number of hydrogen-bond donors (Lipinski definition) is 0. The molecule has 0 heterocycles. The van der Waals surface area contributed by atoms with Gasteiger partial charge in [-0.25, -0.2) is 4.79 Å². The van der Waals surface area contributed by atoms with E-state index in [9.17, 15) is 14.9 Å². The summed E-state index contributed by atoms with van der Waals surface area (Å²) in [5.74, 6) is 0.183. The highest BCUT2D eigenvalue weighted by molar-refractivity contribution is 5.64. The highest BCUT2D eigenvalue weighted by Crippen LogP contribution is 2.17. The fourth-order valence-electron chi connectivity index (χ4n) is 1.63. The Labute approximate surface area is 126 Å². The van der Waals surface area contributed by atoms with E-state index in [0.29, 0.717) is 0 Å². The van der Waals surface area contributed by atoms with E-state index in [1.54, 1.807) is 6.08 Å². The molecule has 0 fully saturated rings. The molecule has 0 saturated heterocycles. The van der Waals surface area contributed by atoms with Crippen LogP contribution in [-0.2, 0) is 4.74 Å². The first kappa shape index (κ1) is 15.2. The lowest BCUT2D eigenvalue weighted by molar-refractivity contribution is -0.384. The van der Waals surface area contributed by atoms with Crippen molar-refractivity contribution in [2.24, 2.45) is 0 Å². The minimum Gasteiger partial charge on any atom is -0.430 e. The Hall–Kier alpha value is -3.15. The molecule has 0 aliphatic rings. The number of benzene rings is 2. The van der Waals surface area contributed by atoms with E-state index in [1.165, 1.54) is 24.3 Å². The van der Waals surface area contributed by atoms with E-state index in [2.05, 4.69) is 0 Å². The Kier molecular flexibility index (Phi) is 5.25. The fourth-order valence-corrected chi connectivity index (χ4v) is 1.63. The van der Waals surface area contributed by atoms with Gasteiger partial charge < -0.3 is 9.47 Å². The second kappa shape index (κ2) is 7.58. The zero-order valence-electron chi connectivity index (χ0n) is 11.5. The number of carbonyl (C=O) groups excluding carboxylic acids is 1. The predicted octanol–water partition coefficient (Wildman–Crippen LogP) is 3.82. The maximum Gasteiger partial charge on any atom is 0.514 e. The summed E-state index contributed by atoms with van der Waals surface area (Å²) in [6.07, 6.45) is 2.64. The minimum atomic E-state index is -0.869. The molecule has 112 valence electrons. The Bertz CT molecular complexity index is 665. The Morgan fingerprint density at radius 2 is 1.77 bits per heavy atom. The SMILES string of the molecule is O=C(OCC=Cc1ccccc1)Oc1ccc([N+](=O)[O-])cc1. The zero-order valence-corrected chi connectivity index (χ0v) is 11.5. The molecule has 0 amide bonds. The summed E-state index contributed by atoms with van der Waals surface area (Å²) in [5, 5.41) is 10.5. The Balaban J connectivity index is 1.78. The number of non-ortho nitro benzene ring substituents is 1. The van der Waals surface area contributed by atoms with Crippen LogP contribution in [-0.4, -0.2) is 17.7 Å². The van der Waals surface area contributed by atoms with Gasteiger partial charge in [-0.1, -0.05) is 36.4 Å². The van der Waals surface area contributed by atoms with Gasteiger partial charge in [-0.3, -0.25) is 10.1 Å². The van der Waals surface area contributed by atoms with E-state index in [4.69, 9.17) is 9.47 Å². The first-order valence-electron chi connectivity index (χ1n) is 6.46. The lowest BCUT2D eigenvalue weighted by Crippen LogP contribution is -2.10. The van der Waals surface area contributed by atoms with Crippen molar-refractivity contribution in [3.05, 3.63) is 76.4 Å². The van der Waals surface area contributed by atoms with Crippen LogP contribution in [0.1, 0.15) is 5.56 Å². The van der Waals surface area contributed by atoms with Gasteiger partial charge in [0.1, 0.15) is 12.4 Å². The predicted molar refractivity (Wildman–Crippen MR) is 80.5 cm³/mol. The lowest BCUT2D eigenvalue weighted by atomic mass is 10.2. The number of nitro benzene ring substituents is 1. The van der Waals surface area contributed by atoms with Crippen molar-refractivity contribution >= 4 is 17.9 Å². The summed E-state index contributed by atoms with van der Waals surface area (Å²) >= 11 is 0. The van der Waals surface area contributed by atoms with Crippen LogP contribution in [0.3, 0.4) is 0 Å². The van der Waals surface area contributed by atoms with Crippen LogP contribution in [0.15, 0.2) is 60.7 Å².